The van der Waals surface area contributed by atoms with E-state index in [0.29, 0.717) is 5.56 Å². The summed E-state index contributed by atoms with van der Waals surface area (Å²) in [6.45, 7) is 1.61. The Labute approximate surface area is 343 Å². The lowest BCUT2D eigenvalue weighted by Crippen LogP contribution is -2.68. The first-order chi connectivity index (χ1) is 28.2. The van der Waals surface area contributed by atoms with Crippen molar-refractivity contribution < 1.29 is 73.7 Å². The van der Waals surface area contributed by atoms with Crippen molar-refractivity contribution in [3.63, 3.8) is 0 Å². The van der Waals surface area contributed by atoms with Crippen LogP contribution in [0.25, 0.3) is 0 Å². The number of phenols is 1. The number of ether oxygens (including phenoxy) is 1. The summed E-state index contributed by atoms with van der Waals surface area (Å²) in [5.41, 5.74) is 11.2. The topological polar surface area (TPSA) is 416 Å². The van der Waals surface area contributed by atoms with Crippen LogP contribution in [0, 0.1) is 0 Å². The number of rotatable bonds is 22. The molecule has 0 aromatic heterocycles. The number of carboxylic acids is 1. The van der Waals surface area contributed by atoms with Crippen LogP contribution in [0.1, 0.15) is 45.6 Å². The van der Waals surface area contributed by atoms with E-state index in [1.165, 1.54) is 31.2 Å². The molecule has 1 heterocycles. The van der Waals surface area contributed by atoms with Crippen LogP contribution in [0.4, 0.5) is 0 Å². The predicted octanol–water partition coefficient (Wildman–Crippen LogP) is -7.02. The van der Waals surface area contributed by atoms with Gasteiger partial charge in [0.15, 0.2) is 12.2 Å². The minimum atomic E-state index is -1.72. The van der Waals surface area contributed by atoms with Gasteiger partial charge in [0.25, 0.3) is 0 Å². The number of guanidine groups is 1. The maximum Gasteiger partial charge on any atom is 0.328 e. The van der Waals surface area contributed by atoms with Gasteiger partial charge in [0.1, 0.15) is 60.3 Å². The summed E-state index contributed by atoms with van der Waals surface area (Å²) in [5.74, 6) is -8.31. The number of carboxylic acid groups (broad SMARTS) is 1. The molecule has 0 spiro atoms. The quantitative estimate of drug-likeness (QED) is 0.0293. The maximum atomic E-state index is 13.6. The Hall–Kier alpha value is -6.15. The standard InChI is InChI=1S/C35H54N10O15/c1-15(29(54)43-21(11-18-6-8-19(50)9-7-18)31(56)44-23(13-46)34(58)59)39-30(55)20(5-4-10-38-35(36)37)42-32(57)22(40-16(2)48)12-25(51)45-33-26(41-17(3)49)28(53)27(52)24(14-47)60-33/h6-9,15,20-24,26-28,33,46-47,50,52-53H,4-5,10-14H2,1-3H3,(H,39,55)(H,40,48)(H,41,49)(H,42,57)(H,43,54)(H,44,56)(H,45,51)(H,58,59)(H4,36,37,38)/t15-,20-,21-,22-,23-,24+,26+,27+,28+,33+/m0/s1. The molecule has 1 aliphatic rings. The van der Waals surface area contributed by atoms with Crippen LogP contribution in [0.15, 0.2) is 29.3 Å². The van der Waals surface area contributed by atoms with Gasteiger partial charge in [-0.05, 0) is 37.5 Å². The fraction of sp³-hybridized carbons (Fsp3) is 0.571. The van der Waals surface area contributed by atoms with E-state index >= 15 is 0 Å². The third-order valence-electron chi connectivity index (χ3n) is 8.82. The molecule has 10 atom stereocenters. The first-order valence-corrected chi connectivity index (χ1v) is 18.5. The number of benzene rings is 1. The lowest BCUT2D eigenvalue weighted by molar-refractivity contribution is -0.203. The van der Waals surface area contributed by atoms with Gasteiger partial charge in [-0.15, -0.1) is 0 Å². The zero-order valence-electron chi connectivity index (χ0n) is 33.0. The molecule has 1 fully saturated rings. The summed E-state index contributed by atoms with van der Waals surface area (Å²) >= 11 is 0. The molecule has 0 radical (unpaired) electrons. The number of amides is 7. The van der Waals surface area contributed by atoms with E-state index in [4.69, 9.17) is 16.2 Å². The van der Waals surface area contributed by atoms with E-state index in [1.54, 1.807) is 0 Å². The van der Waals surface area contributed by atoms with E-state index < -0.39 is 128 Å². The van der Waals surface area contributed by atoms with Crippen molar-refractivity contribution in [1.29, 1.82) is 0 Å². The molecule has 60 heavy (non-hydrogen) atoms. The molecule has 0 bridgehead atoms. The number of aliphatic hydroxyl groups excluding tert-OH is 4. The molecule has 0 unspecified atom stereocenters. The number of hydrogen-bond donors (Lipinski definition) is 15. The number of nitrogens with two attached hydrogens (primary N) is 2. The van der Waals surface area contributed by atoms with Crippen LogP contribution in [0.3, 0.4) is 0 Å². The number of nitrogens with one attached hydrogen (secondary N) is 7. The average molecular weight is 855 g/mol. The Kier molecular flexibility index (Phi) is 20.0. The van der Waals surface area contributed by atoms with Crippen LogP contribution >= 0.6 is 0 Å². The molecule has 1 aromatic carbocycles. The highest BCUT2D eigenvalue weighted by Crippen LogP contribution is 2.20. The Morgan fingerprint density at radius 3 is 1.90 bits per heavy atom. The van der Waals surface area contributed by atoms with Gasteiger partial charge in [0.05, 0.1) is 19.6 Å². The van der Waals surface area contributed by atoms with Gasteiger partial charge in [0.2, 0.25) is 41.4 Å². The fourth-order valence-electron chi connectivity index (χ4n) is 5.75. The minimum Gasteiger partial charge on any atom is -0.508 e. The summed E-state index contributed by atoms with van der Waals surface area (Å²) < 4.78 is 5.48. The predicted molar refractivity (Wildman–Crippen MR) is 206 cm³/mol. The molecular weight excluding hydrogens is 800 g/mol. The van der Waals surface area contributed by atoms with Gasteiger partial charge in [-0.3, -0.25) is 38.6 Å². The Morgan fingerprint density at radius 1 is 0.767 bits per heavy atom. The SMILES string of the molecule is CC(=O)N[C@@H]1[C@@H](O)[C@H](O)[C@@H](CO)O[C@H]1NC(=O)C[C@H](NC(C)=O)C(=O)N[C@@H](CCCN=C(N)N)C(=O)N[C@@H](C)C(=O)N[C@@H](Cc1ccc(O)cc1)C(=O)N[C@@H](CO)C(=O)O. The van der Waals surface area contributed by atoms with Gasteiger partial charge < -0.3 is 84.1 Å². The lowest BCUT2D eigenvalue weighted by atomic mass is 9.95. The lowest BCUT2D eigenvalue weighted by Gasteiger charge is -2.42. The Balaban J connectivity index is 2.28. The van der Waals surface area contributed by atoms with Gasteiger partial charge in [-0.25, -0.2) is 4.79 Å². The number of hydrogen-bond acceptors (Lipinski definition) is 15. The van der Waals surface area contributed by atoms with Crippen molar-refractivity contribution in [2.24, 2.45) is 16.5 Å². The molecule has 25 heteroatoms. The van der Waals surface area contributed by atoms with Crippen molar-refractivity contribution in [2.45, 2.75) is 107 Å². The Bertz CT molecular complexity index is 1710. The van der Waals surface area contributed by atoms with Crippen LogP contribution in [0.5, 0.6) is 5.75 Å². The summed E-state index contributed by atoms with van der Waals surface area (Å²) in [4.78, 5) is 106. The largest absolute Gasteiger partial charge is 0.508 e. The van der Waals surface area contributed by atoms with Gasteiger partial charge in [-0.1, -0.05) is 12.1 Å². The first kappa shape index (κ1) is 50.0. The number of phenolic OH excluding ortho intramolecular Hbond substituents is 1. The van der Waals surface area contributed by atoms with E-state index in [1.807, 2.05) is 0 Å². The molecule has 1 saturated heterocycles. The summed E-state index contributed by atoms with van der Waals surface area (Å²) in [6.07, 6.45) is -7.38. The van der Waals surface area contributed by atoms with E-state index in [2.05, 4.69) is 42.2 Å². The van der Waals surface area contributed by atoms with Gasteiger partial charge in [-0.2, -0.15) is 0 Å². The Morgan fingerprint density at radius 2 is 1.35 bits per heavy atom. The summed E-state index contributed by atoms with van der Waals surface area (Å²) in [7, 11) is 0. The van der Waals surface area contributed by atoms with Crippen molar-refractivity contribution >= 4 is 53.3 Å². The maximum absolute atomic E-state index is 13.6. The van der Waals surface area contributed by atoms with Crippen molar-refractivity contribution in [3.05, 3.63) is 29.8 Å². The number of aliphatic imine (C=N–C) groups is 1. The highest BCUT2D eigenvalue weighted by molar-refractivity contribution is 5.97. The molecule has 1 aromatic rings. The molecule has 2 rings (SSSR count). The van der Waals surface area contributed by atoms with Crippen molar-refractivity contribution in [2.75, 3.05) is 19.8 Å². The molecule has 0 saturated carbocycles. The number of aliphatic carboxylic acids is 1. The molecule has 334 valence electrons. The van der Waals surface area contributed by atoms with E-state index in [-0.39, 0.29) is 37.5 Å². The van der Waals surface area contributed by atoms with Crippen molar-refractivity contribution in [1.82, 2.24) is 37.2 Å². The number of aromatic hydroxyl groups is 1. The number of nitrogens with zero attached hydrogens (tertiary/aromatic N) is 1. The van der Waals surface area contributed by atoms with Crippen LogP contribution in [0.2, 0.25) is 0 Å². The van der Waals surface area contributed by atoms with Crippen LogP contribution < -0.4 is 48.7 Å². The molecule has 0 aliphatic carbocycles. The molecule has 17 N–H and O–H groups in total. The zero-order chi connectivity index (χ0) is 45.3. The second kappa shape index (κ2) is 24.1. The fourth-order valence-corrected chi connectivity index (χ4v) is 5.75. The number of carbonyl (C=O) groups is 8. The molecule has 7 amide bonds. The van der Waals surface area contributed by atoms with E-state index in [0.717, 1.165) is 13.8 Å². The normalized spacial score (nSPS) is 20.9. The molecular formula is C35H54N10O15. The summed E-state index contributed by atoms with van der Waals surface area (Å²) in [5, 5.41) is 75.0. The summed E-state index contributed by atoms with van der Waals surface area (Å²) in [6, 6.07) is -3.61. The molecule has 1 aliphatic heterocycles. The number of aliphatic hydroxyl groups is 4. The highest BCUT2D eigenvalue weighted by atomic mass is 16.5. The first-order valence-electron chi connectivity index (χ1n) is 18.5. The number of carbonyl (C=O) groups excluding carboxylic acids is 7. The second-order valence-electron chi connectivity index (χ2n) is 13.8. The second-order valence-corrected chi connectivity index (χ2v) is 13.8. The smallest absolute Gasteiger partial charge is 0.328 e. The highest BCUT2D eigenvalue weighted by Gasteiger charge is 2.45. The van der Waals surface area contributed by atoms with Gasteiger partial charge >= 0.3 is 5.97 Å². The average Bonchev–Trinajstić information content (AvgIpc) is 3.17. The van der Waals surface area contributed by atoms with Crippen LogP contribution in [-0.2, 0) is 49.5 Å². The van der Waals surface area contributed by atoms with E-state index in [9.17, 15) is 69.0 Å². The third-order valence-corrected chi connectivity index (χ3v) is 8.82. The van der Waals surface area contributed by atoms with Crippen molar-refractivity contribution in [3.8, 4) is 5.75 Å². The zero-order valence-corrected chi connectivity index (χ0v) is 33.0. The van der Waals surface area contributed by atoms with Crippen LogP contribution in [-0.4, -0.2) is 164 Å². The van der Waals surface area contributed by atoms with Gasteiger partial charge in [0, 0.05) is 26.8 Å². The minimum absolute atomic E-state index is 0.0129. The molecule has 25 nitrogen and oxygen atoms in total. The monoisotopic (exact) mass is 854 g/mol. The third kappa shape index (κ3) is 16.2.